The van der Waals surface area contributed by atoms with Crippen LogP contribution in [0.4, 0.5) is 5.69 Å². The molecule has 3 nitrogen and oxygen atoms in total. The average molecular weight is 328 g/mol. The smallest absolute Gasteiger partial charge is 0.228 e. The lowest BCUT2D eigenvalue weighted by molar-refractivity contribution is -0.115. The molecule has 1 amide bonds. The van der Waals surface area contributed by atoms with Crippen molar-refractivity contribution in [3.05, 3.63) is 83.7 Å². The summed E-state index contributed by atoms with van der Waals surface area (Å²) >= 11 is 0. The van der Waals surface area contributed by atoms with Crippen LogP contribution in [0.3, 0.4) is 0 Å². The van der Waals surface area contributed by atoms with Gasteiger partial charge in [-0.2, -0.15) is 0 Å². The van der Waals surface area contributed by atoms with Crippen LogP contribution < -0.4 is 5.32 Å². The summed E-state index contributed by atoms with van der Waals surface area (Å²) < 4.78 is 0. The molecule has 1 N–H and O–H groups in total. The van der Waals surface area contributed by atoms with Crippen LogP contribution in [0.25, 0.3) is 11.1 Å². The van der Waals surface area contributed by atoms with Crippen molar-refractivity contribution in [3.8, 4) is 11.1 Å². The van der Waals surface area contributed by atoms with E-state index in [0.717, 1.165) is 28.8 Å². The fraction of sp³-hybridized carbons (Fsp3) is 0.182. The number of pyridine rings is 1. The number of benzene rings is 2. The summed E-state index contributed by atoms with van der Waals surface area (Å²) in [4.78, 5) is 16.0. The summed E-state index contributed by atoms with van der Waals surface area (Å²) in [6.07, 6.45) is 5.25. The molecule has 3 aromatic rings. The van der Waals surface area contributed by atoms with E-state index >= 15 is 0 Å². The molecule has 2 aromatic carbocycles. The van der Waals surface area contributed by atoms with E-state index in [2.05, 4.69) is 53.6 Å². The van der Waals surface area contributed by atoms with Gasteiger partial charge in [0.2, 0.25) is 5.91 Å². The molecule has 0 saturated heterocycles. The molecule has 0 saturated carbocycles. The van der Waals surface area contributed by atoms with Crippen LogP contribution in [0.5, 0.6) is 0 Å². The van der Waals surface area contributed by atoms with E-state index in [4.69, 9.17) is 0 Å². The molecule has 4 rings (SSSR count). The Morgan fingerprint density at radius 2 is 1.88 bits per heavy atom. The maximum absolute atomic E-state index is 11.5. The number of carbonyl (C=O) groups is 1. The SMILES string of the molecule is C[C@H](Cc1cncc(-c2ccc3c(c2)NC(=O)C3)c1)c1ccccc1. The van der Waals surface area contributed by atoms with Gasteiger partial charge in [-0.05, 0) is 46.7 Å². The van der Waals surface area contributed by atoms with Gasteiger partial charge in [0, 0.05) is 23.6 Å². The number of hydrogen-bond donors (Lipinski definition) is 1. The van der Waals surface area contributed by atoms with Gasteiger partial charge >= 0.3 is 0 Å². The van der Waals surface area contributed by atoms with Crippen LogP contribution >= 0.6 is 0 Å². The largest absolute Gasteiger partial charge is 0.326 e. The standard InChI is InChI=1S/C22H20N2O/c1-15(17-5-3-2-4-6-17)9-16-10-20(14-23-13-16)18-7-8-19-12-22(25)24-21(19)11-18/h2-8,10-11,13-15H,9,12H2,1H3,(H,24,25)/t15-/m1/s1. The zero-order valence-electron chi connectivity index (χ0n) is 14.2. The number of carbonyl (C=O) groups excluding carboxylic acids is 1. The van der Waals surface area contributed by atoms with E-state index in [-0.39, 0.29) is 5.91 Å². The second-order valence-corrected chi connectivity index (χ2v) is 6.69. The highest BCUT2D eigenvalue weighted by atomic mass is 16.1. The van der Waals surface area contributed by atoms with Gasteiger partial charge in [-0.1, -0.05) is 49.4 Å². The van der Waals surface area contributed by atoms with Crippen molar-refractivity contribution < 1.29 is 4.79 Å². The van der Waals surface area contributed by atoms with Crippen molar-refractivity contribution in [3.63, 3.8) is 0 Å². The highest BCUT2D eigenvalue weighted by molar-refractivity contribution is 5.99. The fourth-order valence-corrected chi connectivity index (χ4v) is 3.40. The van der Waals surface area contributed by atoms with Crippen molar-refractivity contribution in [1.82, 2.24) is 4.98 Å². The van der Waals surface area contributed by atoms with Crippen molar-refractivity contribution in [1.29, 1.82) is 0 Å². The molecule has 0 fully saturated rings. The molecule has 0 unspecified atom stereocenters. The molecule has 1 aromatic heterocycles. The fourth-order valence-electron chi connectivity index (χ4n) is 3.40. The first-order chi connectivity index (χ1) is 12.2. The second kappa shape index (κ2) is 6.52. The maximum Gasteiger partial charge on any atom is 0.228 e. The lowest BCUT2D eigenvalue weighted by Crippen LogP contribution is -2.03. The third kappa shape index (κ3) is 3.31. The average Bonchev–Trinajstić information content (AvgIpc) is 3.02. The van der Waals surface area contributed by atoms with Crippen LogP contribution in [0.2, 0.25) is 0 Å². The van der Waals surface area contributed by atoms with E-state index in [1.54, 1.807) is 0 Å². The molecule has 0 radical (unpaired) electrons. The molecular formula is C22H20N2O. The van der Waals surface area contributed by atoms with Crippen molar-refractivity contribution in [2.45, 2.75) is 25.7 Å². The number of hydrogen-bond acceptors (Lipinski definition) is 2. The van der Waals surface area contributed by atoms with Crippen LogP contribution in [0, 0.1) is 0 Å². The van der Waals surface area contributed by atoms with Crippen LogP contribution in [-0.4, -0.2) is 10.9 Å². The quantitative estimate of drug-likeness (QED) is 0.761. The minimum atomic E-state index is 0.0655. The van der Waals surface area contributed by atoms with Crippen molar-refractivity contribution in [2.75, 3.05) is 5.32 Å². The summed E-state index contributed by atoms with van der Waals surface area (Å²) in [6, 6.07) is 18.9. The molecule has 1 aliphatic rings. The minimum absolute atomic E-state index is 0.0655. The molecule has 3 heteroatoms. The Morgan fingerprint density at radius 1 is 1.04 bits per heavy atom. The molecule has 1 atom stereocenters. The Hall–Kier alpha value is -2.94. The number of rotatable bonds is 4. The zero-order chi connectivity index (χ0) is 17.2. The Balaban J connectivity index is 1.58. The number of amides is 1. The van der Waals surface area contributed by atoms with Gasteiger partial charge in [0.05, 0.1) is 6.42 Å². The first-order valence-corrected chi connectivity index (χ1v) is 8.61. The van der Waals surface area contributed by atoms with Gasteiger partial charge < -0.3 is 5.32 Å². The molecular weight excluding hydrogens is 308 g/mol. The predicted molar refractivity (Wildman–Crippen MR) is 101 cm³/mol. The Morgan fingerprint density at radius 3 is 2.72 bits per heavy atom. The number of anilines is 1. The van der Waals surface area contributed by atoms with E-state index in [9.17, 15) is 4.79 Å². The highest BCUT2D eigenvalue weighted by Crippen LogP contribution is 2.30. The summed E-state index contributed by atoms with van der Waals surface area (Å²) in [5.41, 5.74) is 6.72. The third-order valence-electron chi connectivity index (χ3n) is 4.77. The van der Waals surface area contributed by atoms with Gasteiger partial charge in [0.1, 0.15) is 0 Å². The van der Waals surface area contributed by atoms with Gasteiger partial charge in [-0.3, -0.25) is 9.78 Å². The third-order valence-corrected chi connectivity index (χ3v) is 4.77. The number of aromatic nitrogens is 1. The van der Waals surface area contributed by atoms with E-state index < -0.39 is 0 Å². The molecule has 2 heterocycles. The zero-order valence-corrected chi connectivity index (χ0v) is 14.2. The van der Waals surface area contributed by atoms with Crippen molar-refractivity contribution >= 4 is 11.6 Å². The summed E-state index contributed by atoms with van der Waals surface area (Å²) in [5, 5.41) is 2.92. The first-order valence-electron chi connectivity index (χ1n) is 8.61. The predicted octanol–water partition coefficient (Wildman–Crippen LogP) is 4.59. The van der Waals surface area contributed by atoms with E-state index in [1.165, 1.54) is 11.1 Å². The first kappa shape index (κ1) is 15.6. The minimum Gasteiger partial charge on any atom is -0.326 e. The molecule has 0 spiro atoms. The van der Waals surface area contributed by atoms with Crippen LogP contribution in [-0.2, 0) is 17.6 Å². The summed E-state index contributed by atoms with van der Waals surface area (Å²) in [6.45, 7) is 2.24. The van der Waals surface area contributed by atoms with Gasteiger partial charge in [-0.25, -0.2) is 0 Å². The lowest BCUT2D eigenvalue weighted by atomic mass is 9.93. The number of nitrogens with one attached hydrogen (secondary N) is 1. The van der Waals surface area contributed by atoms with Gasteiger partial charge in [0.15, 0.2) is 0 Å². The lowest BCUT2D eigenvalue weighted by Gasteiger charge is -2.13. The number of nitrogens with zero attached hydrogens (tertiary/aromatic N) is 1. The van der Waals surface area contributed by atoms with Gasteiger partial charge in [-0.15, -0.1) is 0 Å². The molecule has 0 aliphatic carbocycles. The van der Waals surface area contributed by atoms with E-state index in [1.807, 2.05) is 30.6 Å². The number of fused-ring (bicyclic) bond motifs is 1. The summed E-state index contributed by atoms with van der Waals surface area (Å²) in [7, 11) is 0. The Labute approximate surface area is 147 Å². The maximum atomic E-state index is 11.5. The topological polar surface area (TPSA) is 42.0 Å². The monoisotopic (exact) mass is 328 g/mol. The van der Waals surface area contributed by atoms with Gasteiger partial charge in [0.25, 0.3) is 0 Å². The van der Waals surface area contributed by atoms with Crippen molar-refractivity contribution in [2.24, 2.45) is 0 Å². The normalized spacial score (nSPS) is 14.0. The molecule has 124 valence electrons. The Kier molecular flexibility index (Phi) is 4.06. The van der Waals surface area contributed by atoms with Crippen LogP contribution in [0.15, 0.2) is 67.0 Å². The van der Waals surface area contributed by atoms with Crippen LogP contribution in [0.1, 0.15) is 29.5 Å². The Bertz CT molecular complexity index is 918. The van der Waals surface area contributed by atoms with E-state index in [0.29, 0.717) is 12.3 Å². The molecule has 25 heavy (non-hydrogen) atoms. The highest BCUT2D eigenvalue weighted by Gasteiger charge is 2.18. The molecule has 1 aliphatic heterocycles. The summed E-state index contributed by atoms with van der Waals surface area (Å²) in [5.74, 6) is 0.508. The second-order valence-electron chi connectivity index (χ2n) is 6.69. The molecule has 0 bridgehead atoms.